The van der Waals surface area contributed by atoms with E-state index < -0.39 is 0 Å². The number of benzene rings is 2. The van der Waals surface area contributed by atoms with Gasteiger partial charge < -0.3 is 33.6 Å². The lowest BCUT2D eigenvalue weighted by Crippen LogP contribution is -2.12. The van der Waals surface area contributed by atoms with Crippen LogP contribution in [-0.4, -0.2) is 44.3 Å². The molecule has 3 aromatic rings. The molecule has 2 aromatic carbocycles. The Labute approximate surface area is 175 Å². The molecule has 158 valence electrons. The number of rotatable bonds is 9. The van der Waals surface area contributed by atoms with Crippen LogP contribution in [0.1, 0.15) is 5.56 Å². The highest BCUT2D eigenvalue weighted by Gasteiger charge is 2.18. The Morgan fingerprint density at radius 1 is 1.07 bits per heavy atom. The Morgan fingerprint density at radius 2 is 1.93 bits per heavy atom. The highest BCUT2D eigenvalue weighted by Crippen LogP contribution is 2.37. The van der Waals surface area contributed by atoms with E-state index in [9.17, 15) is 0 Å². The summed E-state index contributed by atoms with van der Waals surface area (Å²) in [5.41, 5.74) is 2.93. The molecule has 1 aromatic heterocycles. The number of hydrogen-bond acceptors (Lipinski definition) is 7. The van der Waals surface area contributed by atoms with Crippen molar-refractivity contribution in [3.8, 4) is 34.3 Å². The minimum absolute atomic E-state index is 0.247. The molecule has 1 aliphatic rings. The van der Waals surface area contributed by atoms with Crippen LogP contribution in [0, 0.1) is 0 Å². The predicted molar refractivity (Wildman–Crippen MR) is 113 cm³/mol. The minimum Gasteiger partial charge on any atom is -0.493 e. The van der Waals surface area contributed by atoms with Gasteiger partial charge in [-0.25, -0.2) is 4.98 Å². The average molecular weight is 411 g/mol. The number of nitrogens with one attached hydrogen (secondary N) is 1. The zero-order valence-electron chi connectivity index (χ0n) is 17.3. The van der Waals surface area contributed by atoms with Gasteiger partial charge in [-0.15, -0.1) is 0 Å². The third-order valence-electron chi connectivity index (χ3n) is 4.96. The molecule has 0 unspecified atom stereocenters. The number of nitrogens with zero attached hydrogens (tertiary/aromatic N) is 2. The van der Waals surface area contributed by atoms with Crippen molar-refractivity contribution in [2.24, 2.45) is 0 Å². The molecule has 0 saturated carbocycles. The van der Waals surface area contributed by atoms with Gasteiger partial charge in [0, 0.05) is 31.3 Å². The molecule has 1 N–H and O–H groups in total. The molecule has 0 radical (unpaired) electrons. The fraction of sp³-hybridized carbons (Fsp3) is 0.318. The van der Waals surface area contributed by atoms with E-state index >= 15 is 0 Å². The van der Waals surface area contributed by atoms with E-state index in [0.29, 0.717) is 31.2 Å². The van der Waals surface area contributed by atoms with Crippen molar-refractivity contribution in [2.45, 2.75) is 13.1 Å². The van der Waals surface area contributed by atoms with Crippen molar-refractivity contribution < 1.29 is 23.7 Å². The number of methoxy groups -OCH3 is 3. The van der Waals surface area contributed by atoms with E-state index in [-0.39, 0.29) is 6.79 Å². The van der Waals surface area contributed by atoms with Crippen molar-refractivity contribution in [3.63, 3.8) is 0 Å². The Hall–Kier alpha value is -3.39. The molecule has 0 saturated heterocycles. The van der Waals surface area contributed by atoms with E-state index in [2.05, 4.69) is 14.9 Å². The lowest BCUT2D eigenvalue weighted by Gasteiger charge is -2.15. The van der Waals surface area contributed by atoms with Crippen LogP contribution in [0.15, 0.2) is 42.6 Å². The highest BCUT2D eigenvalue weighted by atomic mass is 16.7. The number of para-hydroxylation sites is 1. The smallest absolute Gasteiger partial charge is 0.231 e. The standard InChI is InChI=1S/C22H25N3O5/c1-26-10-9-25-17(15-7-8-18-20(11-15)30-14-29-18)13-24-22(25)23-12-16-5-4-6-19(27-2)21(16)28-3/h4-8,11,13H,9-10,12,14H2,1-3H3,(H,23,24). The van der Waals surface area contributed by atoms with Crippen LogP contribution in [0.25, 0.3) is 11.3 Å². The van der Waals surface area contributed by atoms with Gasteiger partial charge in [-0.2, -0.15) is 0 Å². The Kier molecular flexibility index (Phi) is 5.94. The van der Waals surface area contributed by atoms with Crippen molar-refractivity contribution in [1.82, 2.24) is 9.55 Å². The molecule has 0 fully saturated rings. The predicted octanol–water partition coefficient (Wildman–Crippen LogP) is 3.55. The van der Waals surface area contributed by atoms with Crippen LogP contribution in [0.3, 0.4) is 0 Å². The normalized spacial score (nSPS) is 12.1. The third kappa shape index (κ3) is 3.86. The van der Waals surface area contributed by atoms with E-state index in [1.54, 1.807) is 21.3 Å². The topological polar surface area (TPSA) is 76.0 Å². The van der Waals surface area contributed by atoms with Gasteiger partial charge in [0.2, 0.25) is 12.7 Å². The van der Waals surface area contributed by atoms with E-state index in [0.717, 1.165) is 34.3 Å². The Balaban J connectivity index is 1.61. The number of anilines is 1. The van der Waals surface area contributed by atoms with E-state index in [1.165, 1.54) is 0 Å². The number of aromatic nitrogens is 2. The molecule has 4 rings (SSSR count). The SMILES string of the molecule is COCCn1c(-c2ccc3c(c2)OCO3)cnc1NCc1cccc(OC)c1OC. The second kappa shape index (κ2) is 8.96. The molecule has 0 atom stereocenters. The second-order valence-electron chi connectivity index (χ2n) is 6.69. The molecule has 1 aliphatic heterocycles. The zero-order valence-corrected chi connectivity index (χ0v) is 17.3. The largest absolute Gasteiger partial charge is 0.493 e. The lowest BCUT2D eigenvalue weighted by atomic mass is 10.1. The molecular weight excluding hydrogens is 386 g/mol. The summed E-state index contributed by atoms with van der Waals surface area (Å²) in [6.45, 7) is 1.99. The second-order valence-corrected chi connectivity index (χ2v) is 6.69. The average Bonchev–Trinajstić information content (AvgIpc) is 3.41. The van der Waals surface area contributed by atoms with Crippen molar-refractivity contribution in [2.75, 3.05) is 40.0 Å². The molecule has 0 aliphatic carbocycles. The maximum Gasteiger partial charge on any atom is 0.231 e. The number of fused-ring (bicyclic) bond motifs is 1. The van der Waals surface area contributed by atoms with Gasteiger partial charge in [-0.3, -0.25) is 0 Å². The summed E-state index contributed by atoms with van der Waals surface area (Å²) < 4.78 is 29.3. The fourth-order valence-corrected chi connectivity index (χ4v) is 3.48. The van der Waals surface area contributed by atoms with Crippen LogP contribution in [0.2, 0.25) is 0 Å². The zero-order chi connectivity index (χ0) is 20.9. The third-order valence-corrected chi connectivity index (χ3v) is 4.96. The summed E-state index contributed by atoms with van der Waals surface area (Å²) in [5, 5.41) is 3.41. The van der Waals surface area contributed by atoms with Gasteiger partial charge in [-0.1, -0.05) is 12.1 Å². The maximum atomic E-state index is 5.53. The highest BCUT2D eigenvalue weighted by molar-refractivity contribution is 5.66. The molecule has 30 heavy (non-hydrogen) atoms. The molecule has 0 spiro atoms. The Morgan fingerprint density at radius 3 is 2.73 bits per heavy atom. The van der Waals surface area contributed by atoms with E-state index in [1.807, 2.05) is 42.6 Å². The van der Waals surface area contributed by atoms with Crippen LogP contribution in [-0.2, 0) is 17.8 Å². The summed E-state index contributed by atoms with van der Waals surface area (Å²) in [7, 11) is 4.95. The number of ether oxygens (including phenoxy) is 5. The summed E-state index contributed by atoms with van der Waals surface area (Å²) in [6.07, 6.45) is 1.85. The van der Waals surface area contributed by atoms with Gasteiger partial charge in [0.1, 0.15) is 0 Å². The molecule has 0 amide bonds. The fourth-order valence-electron chi connectivity index (χ4n) is 3.48. The van der Waals surface area contributed by atoms with Gasteiger partial charge in [-0.05, 0) is 24.3 Å². The number of hydrogen-bond donors (Lipinski definition) is 1. The van der Waals surface area contributed by atoms with Crippen molar-refractivity contribution >= 4 is 5.95 Å². The molecule has 2 heterocycles. The van der Waals surface area contributed by atoms with E-state index in [4.69, 9.17) is 23.7 Å². The van der Waals surface area contributed by atoms with Crippen molar-refractivity contribution in [1.29, 1.82) is 0 Å². The summed E-state index contributed by atoms with van der Waals surface area (Å²) >= 11 is 0. The maximum absolute atomic E-state index is 5.53. The van der Waals surface area contributed by atoms with Crippen LogP contribution >= 0.6 is 0 Å². The summed E-state index contributed by atoms with van der Waals surface area (Å²) in [6, 6.07) is 11.7. The van der Waals surface area contributed by atoms with Crippen LogP contribution in [0.4, 0.5) is 5.95 Å². The summed E-state index contributed by atoms with van der Waals surface area (Å²) in [5.74, 6) is 3.64. The van der Waals surface area contributed by atoms with Gasteiger partial charge in [0.25, 0.3) is 0 Å². The number of imidazole rings is 1. The first-order valence-corrected chi connectivity index (χ1v) is 9.63. The lowest BCUT2D eigenvalue weighted by molar-refractivity contribution is 0.174. The van der Waals surface area contributed by atoms with Crippen molar-refractivity contribution in [3.05, 3.63) is 48.2 Å². The molecule has 0 bridgehead atoms. The first-order valence-electron chi connectivity index (χ1n) is 9.63. The molecule has 8 heteroatoms. The minimum atomic E-state index is 0.247. The van der Waals surface area contributed by atoms with Gasteiger partial charge in [0.05, 0.1) is 32.7 Å². The molecular formula is C22H25N3O5. The molecule has 8 nitrogen and oxygen atoms in total. The summed E-state index contributed by atoms with van der Waals surface area (Å²) in [4.78, 5) is 4.60. The first kappa shape index (κ1) is 19.9. The van der Waals surface area contributed by atoms with Crippen LogP contribution in [0.5, 0.6) is 23.0 Å². The van der Waals surface area contributed by atoms with Gasteiger partial charge in [0.15, 0.2) is 23.0 Å². The monoisotopic (exact) mass is 411 g/mol. The quantitative estimate of drug-likeness (QED) is 0.577. The Bertz CT molecular complexity index is 1020. The first-order chi connectivity index (χ1) is 14.7. The van der Waals surface area contributed by atoms with Gasteiger partial charge >= 0.3 is 0 Å². The van der Waals surface area contributed by atoms with Crippen LogP contribution < -0.4 is 24.3 Å².